The van der Waals surface area contributed by atoms with E-state index in [-0.39, 0.29) is 23.0 Å². The van der Waals surface area contributed by atoms with Gasteiger partial charge in [0.25, 0.3) is 0 Å². The lowest BCUT2D eigenvalue weighted by Crippen LogP contribution is -2.06. The predicted octanol–water partition coefficient (Wildman–Crippen LogP) is 3.38. The smallest absolute Gasteiger partial charge is 0.339 e. The minimum absolute atomic E-state index is 0.0363. The van der Waals surface area contributed by atoms with Gasteiger partial charge in [0.15, 0.2) is 11.6 Å². The number of halogens is 1. The van der Waals surface area contributed by atoms with E-state index in [1.165, 1.54) is 31.6 Å². The topological polar surface area (TPSA) is 68.7 Å². The van der Waals surface area contributed by atoms with Crippen LogP contribution in [-0.4, -0.2) is 29.3 Å². The molecule has 2 rings (SSSR count). The molecule has 0 radical (unpaired) electrons. The Hall–Kier alpha value is -2.63. The monoisotopic (exact) mass is 305 g/mol. The number of carboxylic acid groups (broad SMARTS) is 1. The van der Waals surface area contributed by atoms with Gasteiger partial charge >= 0.3 is 5.97 Å². The lowest BCUT2D eigenvalue weighted by Gasteiger charge is -2.13. The highest BCUT2D eigenvalue weighted by molar-refractivity contribution is 5.92. The molecule has 0 atom stereocenters. The van der Waals surface area contributed by atoms with Crippen molar-refractivity contribution in [3.05, 3.63) is 42.0 Å². The number of aromatic carboxylic acids is 1. The highest BCUT2D eigenvalue weighted by Gasteiger charge is 2.20. The summed E-state index contributed by atoms with van der Waals surface area (Å²) in [5.74, 6) is -1.79. The number of aromatic nitrogens is 1. The Morgan fingerprint density at radius 1 is 1.32 bits per heavy atom. The van der Waals surface area contributed by atoms with E-state index in [1.54, 1.807) is 6.07 Å². The molecule has 0 amide bonds. The van der Waals surface area contributed by atoms with Crippen LogP contribution in [0.4, 0.5) is 4.39 Å². The molecule has 0 unspecified atom stereocenters. The largest absolute Gasteiger partial charge is 0.493 e. The van der Waals surface area contributed by atoms with Crippen LogP contribution in [0.2, 0.25) is 0 Å². The molecule has 1 heterocycles. The Kier molecular flexibility index (Phi) is 4.60. The molecule has 6 heteroatoms. The normalized spacial score (nSPS) is 10.6. The van der Waals surface area contributed by atoms with Gasteiger partial charge in [-0.15, -0.1) is 0 Å². The van der Waals surface area contributed by atoms with Crippen LogP contribution in [0.25, 0.3) is 11.1 Å². The number of ether oxygens (including phenoxy) is 2. The number of benzene rings is 1. The maximum Gasteiger partial charge on any atom is 0.339 e. The molecule has 0 aliphatic carbocycles. The maximum absolute atomic E-state index is 14.5. The fraction of sp³-hybridized carbons (Fsp3) is 0.250. The summed E-state index contributed by atoms with van der Waals surface area (Å²) in [5, 5.41) is 9.05. The summed E-state index contributed by atoms with van der Waals surface area (Å²) in [7, 11) is 1.23. The first-order valence-electron chi connectivity index (χ1n) is 6.66. The van der Waals surface area contributed by atoms with Crippen molar-refractivity contribution in [1.29, 1.82) is 0 Å². The molecule has 5 nitrogen and oxygen atoms in total. The molecule has 0 saturated carbocycles. The Bertz CT molecular complexity index is 701. The van der Waals surface area contributed by atoms with E-state index in [0.717, 1.165) is 0 Å². The molecule has 1 aromatic carbocycles. The lowest BCUT2D eigenvalue weighted by atomic mass is 10.0. The highest BCUT2D eigenvalue weighted by Crippen LogP contribution is 2.33. The third kappa shape index (κ3) is 3.16. The molecule has 22 heavy (non-hydrogen) atoms. The Morgan fingerprint density at radius 3 is 2.64 bits per heavy atom. The number of carbonyl (C=O) groups is 1. The number of nitrogens with zero attached hydrogens (tertiary/aromatic N) is 1. The van der Waals surface area contributed by atoms with Crippen LogP contribution in [0.1, 0.15) is 24.2 Å². The minimum Gasteiger partial charge on any atom is -0.493 e. The zero-order valence-electron chi connectivity index (χ0n) is 12.5. The van der Waals surface area contributed by atoms with E-state index in [4.69, 9.17) is 14.6 Å². The molecule has 2 aromatic rings. The molecule has 0 aliphatic heterocycles. The van der Waals surface area contributed by atoms with E-state index < -0.39 is 11.8 Å². The summed E-state index contributed by atoms with van der Waals surface area (Å²) < 4.78 is 24.9. The van der Waals surface area contributed by atoms with Gasteiger partial charge in [0.1, 0.15) is 11.3 Å². The zero-order chi connectivity index (χ0) is 16.3. The van der Waals surface area contributed by atoms with Crippen molar-refractivity contribution >= 4 is 5.97 Å². The molecule has 1 aromatic heterocycles. The van der Waals surface area contributed by atoms with Crippen molar-refractivity contribution < 1.29 is 23.8 Å². The van der Waals surface area contributed by atoms with Crippen LogP contribution in [0.5, 0.6) is 11.5 Å². The number of methoxy groups -OCH3 is 1. The third-order valence-electron chi connectivity index (χ3n) is 2.93. The van der Waals surface area contributed by atoms with Gasteiger partial charge in [0.2, 0.25) is 0 Å². The van der Waals surface area contributed by atoms with Gasteiger partial charge in [-0.3, -0.25) is 4.98 Å². The van der Waals surface area contributed by atoms with Gasteiger partial charge in [0, 0.05) is 17.3 Å². The van der Waals surface area contributed by atoms with Gasteiger partial charge < -0.3 is 14.6 Å². The van der Waals surface area contributed by atoms with Crippen LogP contribution < -0.4 is 9.47 Å². The van der Waals surface area contributed by atoms with E-state index in [2.05, 4.69) is 4.98 Å². The molecule has 0 spiro atoms. The summed E-state index contributed by atoms with van der Waals surface area (Å²) >= 11 is 0. The first kappa shape index (κ1) is 15.8. The van der Waals surface area contributed by atoms with Crippen LogP contribution in [0.15, 0.2) is 30.6 Å². The van der Waals surface area contributed by atoms with Crippen LogP contribution in [-0.2, 0) is 0 Å². The molecule has 0 fully saturated rings. The van der Waals surface area contributed by atoms with E-state index in [0.29, 0.717) is 11.3 Å². The number of carboxylic acids is 1. The Morgan fingerprint density at radius 2 is 2.05 bits per heavy atom. The molecule has 116 valence electrons. The van der Waals surface area contributed by atoms with Gasteiger partial charge in [-0.25, -0.2) is 9.18 Å². The van der Waals surface area contributed by atoms with Gasteiger partial charge in [-0.05, 0) is 26.0 Å². The first-order chi connectivity index (χ1) is 10.4. The van der Waals surface area contributed by atoms with E-state index in [9.17, 15) is 9.18 Å². The average molecular weight is 305 g/mol. The number of hydrogen-bond acceptors (Lipinski definition) is 4. The van der Waals surface area contributed by atoms with Crippen molar-refractivity contribution in [2.45, 2.75) is 20.0 Å². The first-order valence-corrected chi connectivity index (χ1v) is 6.66. The fourth-order valence-corrected chi connectivity index (χ4v) is 2.05. The molecule has 0 bridgehead atoms. The summed E-state index contributed by atoms with van der Waals surface area (Å²) in [6.07, 6.45) is 2.97. The van der Waals surface area contributed by atoms with Crippen molar-refractivity contribution in [3.8, 4) is 22.6 Å². The zero-order valence-corrected chi connectivity index (χ0v) is 12.5. The molecule has 1 N–H and O–H groups in total. The van der Waals surface area contributed by atoms with Gasteiger partial charge in [-0.2, -0.15) is 0 Å². The maximum atomic E-state index is 14.5. The number of rotatable bonds is 5. The second kappa shape index (κ2) is 6.43. The van der Waals surface area contributed by atoms with Crippen molar-refractivity contribution in [2.24, 2.45) is 0 Å². The molecular formula is C16H16FNO4. The Labute approximate surface area is 127 Å². The second-order valence-electron chi connectivity index (χ2n) is 4.89. The second-order valence-corrected chi connectivity index (χ2v) is 4.89. The highest BCUT2D eigenvalue weighted by atomic mass is 19.1. The van der Waals surface area contributed by atoms with Crippen LogP contribution in [0.3, 0.4) is 0 Å². The van der Waals surface area contributed by atoms with Crippen LogP contribution >= 0.6 is 0 Å². The number of pyridine rings is 1. The summed E-state index contributed by atoms with van der Waals surface area (Å²) in [6.45, 7) is 3.75. The average Bonchev–Trinajstić information content (AvgIpc) is 2.46. The minimum atomic E-state index is -1.25. The fourth-order valence-electron chi connectivity index (χ4n) is 2.05. The van der Waals surface area contributed by atoms with Gasteiger partial charge in [-0.1, -0.05) is 6.07 Å². The molecule has 0 aliphatic rings. The summed E-state index contributed by atoms with van der Waals surface area (Å²) in [5.41, 5.74) is 0.445. The lowest BCUT2D eigenvalue weighted by molar-refractivity contribution is 0.0692. The third-order valence-corrected chi connectivity index (χ3v) is 2.93. The van der Waals surface area contributed by atoms with E-state index in [1.807, 2.05) is 13.8 Å². The van der Waals surface area contributed by atoms with Crippen molar-refractivity contribution in [2.75, 3.05) is 7.11 Å². The molecule has 0 saturated heterocycles. The summed E-state index contributed by atoms with van der Waals surface area (Å²) in [6, 6.07) is 4.33. The van der Waals surface area contributed by atoms with E-state index >= 15 is 0 Å². The molecular weight excluding hydrogens is 289 g/mol. The Balaban J connectivity index is 2.51. The predicted molar refractivity (Wildman–Crippen MR) is 78.9 cm³/mol. The SMILES string of the molecule is COc1c(C(=O)O)ccc(-c2cncc(OC(C)C)c2)c1F. The van der Waals surface area contributed by atoms with Gasteiger partial charge in [0.05, 0.1) is 19.4 Å². The van der Waals surface area contributed by atoms with Crippen LogP contribution in [0, 0.1) is 5.82 Å². The van der Waals surface area contributed by atoms with Crippen molar-refractivity contribution in [1.82, 2.24) is 4.98 Å². The van der Waals surface area contributed by atoms with Crippen molar-refractivity contribution in [3.63, 3.8) is 0 Å². The number of hydrogen-bond donors (Lipinski definition) is 1. The quantitative estimate of drug-likeness (QED) is 0.917. The standard InChI is InChI=1S/C16H16FNO4/c1-9(2)22-11-6-10(7-18-8-11)12-4-5-13(16(19)20)15(21-3)14(12)17/h4-9H,1-3H3,(H,19,20). The summed E-state index contributed by atoms with van der Waals surface area (Å²) in [4.78, 5) is 15.1.